The maximum Gasteiger partial charge on any atom is 0.200 e. The maximum atomic E-state index is 14.3. The molecule has 39 heavy (non-hydrogen) atoms. The Balaban J connectivity index is 1.33. The summed E-state index contributed by atoms with van der Waals surface area (Å²) in [6.07, 6.45) is 5.89. The van der Waals surface area contributed by atoms with E-state index in [0.29, 0.717) is 11.4 Å². The molecule has 212 valence electrons. The zero-order valence-electron chi connectivity index (χ0n) is 22.2. The Morgan fingerprint density at radius 1 is 1.03 bits per heavy atom. The minimum atomic E-state index is -2.63. The lowest BCUT2D eigenvalue weighted by Crippen LogP contribution is -2.47. The van der Waals surface area contributed by atoms with Crippen molar-refractivity contribution in [3.63, 3.8) is 0 Å². The number of nitrogens with zero attached hydrogens (tertiary/aromatic N) is 6. The van der Waals surface area contributed by atoms with E-state index in [2.05, 4.69) is 57.7 Å². The number of H-pyrrole nitrogens is 1. The van der Waals surface area contributed by atoms with Crippen molar-refractivity contribution in [2.75, 3.05) is 75.6 Å². The minimum absolute atomic E-state index is 0.443. The number of ether oxygens (including phenoxy) is 1. The summed E-state index contributed by atoms with van der Waals surface area (Å²) < 4.78 is 47.0. The number of aromatic amines is 1. The second-order valence-electron chi connectivity index (χ2n) is 10.5. The van der Waals surface area contributed by atoms with Crippen molar-refractivity contribution in [1.82, 2.24) is 25.1 Å². The molecule has 0 aliphatic carbocycles. The first-order chi connectivity index (χ1) is 18.9. The van der Waals surface area contributed by atoms with Crippen LogP contribution in [0.15, 0.2) is 23.1 Å². The van der Waals surface area contributed by atoms with Crippen molar-refractivity contribution >= 4 is 38.5 Å². The van der Waals surface area contributed by atoms with Gasteiger partial charge in [0, 0.05) is 37.9 Å². The van der Waals surface area contributed by atoms with Crippen LogP contribution in [0.1, 0.15) is 30.4 Å². The van der Waals surface area contributed by atoms with Crippen LogP contribution in [0, 0.1) is 6.92 Å². The number of aromatic nitrogens is 4. The molecule has 2 aliphatic rings. The van der Waals surface area contributed by atoms with E-state index in [1.807, 2.05) is 12.1 Å². The molecule has 0 spiro atoms. The average molecular weight is 611 g/mol. The quantitative estimate of drug-likeness (QED) is 0.335. The Morgan fingerprint density at radius 3 is 2.46 bits per heavy atom. The van der Waals surface area contributed by atoms with Gasteiger partial charge in [0.1, 0.15) is 42.5 Å². The highest BCUT2D eigenvalue weighted by Crippen LogP contribution is 2.34. The lowest BCUT2D eigenvalue weighted by atomic mass is 10.00. The van der Waals surface area contributed by atoms with Gasteiger partial charge in [0.05, 0.1) is 5.39 Å². The van der Waals surface area contributed by atoms with Crippen LogP contribution in [-0.2, 0) is 6.42 Å². The van der Waals surface area contributed by atoms with E-state index >= 15 is 0 Å². The molecule has 8 nitrogen and oxygen atoms in total. The summed E-state index contributed by atoms with van der Waals surface area (Å²) in [6.45, 7) is 4.88. The van der Waals surface area contributed by atoms with Crippen LogP contribution in [0.25, 0.3) is 11.0 Å². The monoisotopic (exact) mass is 609 g/mol. The van der Waals surface area contributed by atoms with E-state index in [1.54, 1.807) is 0 Å². The third-order valence-electron chi connectivity index (χ3n) is 7.76. The van der Waals surface area contributed by atoms with Crippen LogP contribution in [0.3, 0.4) is 0 Å². The highest BCUT2D eigenvalue weighted by atomic mass is 79.9. The Hall–Kier alpha value is -2.60. The van der Waals surface area contributed by atoms with E-state index in [-0.39, 0.29) is 0 Å². The number of benzene rings is 1. The number of piperazine rings is 1. The topological polar surface area (TPSA) is 73.4 Å². The summed E-state index contributed by atoms with van der Waals surface area (Å²) in [5.74, 6) is 1.27. The van der Waals surface area contributed by atoms with Gasteiger partial charge in [-0.15, -0.1) is 0 Å². The summed E-state index contributed by atoms with van der Waals surface area (Å²) in [4.78, 5) is 15.7. The van der Waals surface area contributed by atoms with E-state index in [9.17, 15) is 13.2 Å². The fourth-order valence-electron chi connectivity index (χ4n) is 5.43. The molecule has 1 aromatic carbocycles. The lowest BCUT2D eigenvalue weighted by Gasteiger charge is -2.38. The van der Waals surface area contributed by atoms with Gasteiger partial charge in [-0.3, -0.25) is 5.10 Å². The number of halogens is 4. The molecule has 0 radical (unpaired) electrons. The number of rotatable bonds is 11. The number of likely N-dealkylation sites (tertiary alicyclic amines) is 1. The van der Waals surface area contributed by atoms with Crippen LogP contribution in [0.2, 0.25) is 0 Å². The van der Waals surface area contributed by atoms with Gasteiger partial charge < -0.3 is 19.4 Å². The predicted molar refractivity (Wildman–Crippen MR) is 150 cm³/mol. The van der Waals surface area contributed by atoms with Crippen LogP contribution < -0.4 is 14.5 Å². The van der Waals surface area contributed by atoms with Crippen molar-refractivity contribution in [3.8, 4) is 5.75 Å². The van der Waals surface area contributed by atoms with Gasteiger partial charge >= 0.3 is 0 Å². The normalized spacial score (nSPS) is 16.9. The molecule has 3 aromatic rings. The molecular formula is C27H35BrF3N7O. The first-order valence-corrected chi connectivity index (χ1v) is 14.3. The molecule has 1 N–H and O–H groups in total. The number of hydrogen-bond acceptors (Lipinski definition) is 7. The number of hydrogen-bond donors (Lipinski definition) is 1. The Bertz CT molecular complexity index is 1260. The first-order valence-electron chi connectivity index (χ1n) is 13.5. The van der Waals surface area contributed by atoms with Crippen LogP contribution in [0.5, 0.6) is 5.75 Å². The summed E-state index contributed by atoms with van der Waals surface area (Å²) >= 11 is 3.51. The number of anilines is 2. The summed E-state index contributed by atoms with van der Waals surface area (Å²) in [5.41, 5.74) is 1.26. The Morgan fingerprint density at radius 2 is 1.74 bits per heavy atom. The van der Waals surface area contributed by atoms with Gasteiger partial charge in [-0.05, 0) is 85.4 Å². The molecule has 0 saturated carbocycles. The Labute approximate surface area is 235 Å². The van der Waals surface area contributed by atoms with Gasteiger partial charge in [-0.2, -0.15) is 5.10 Å². The second kappa shape index (κ2) is 12.3. The highest BCUT2D eigenvalue weighted by Gasteiger charge is 2.32. The third-order valence-corrected chi connectivity index (χ3v) is 8.34. The zero-order chi connectivity index (χ0) is 27.4. The van der Waals surface area contributed by atoms with Crippen molar-refractivity contribution in [2.24, 2.45) is 0 Å². The summed E-state index contributed by atoms with van der Waals surface area (Å²) in [7, 11) is 0. The fourth-order valence-corrected chi connectivity index (χ4v) is 5.87. The second-order valence-corrected chi connectivity index (χ2v) is 11.3. The predicted octanol–water partition coefficient (Wildman–Crippen LogP) is 4.80. The van der Waals surface area contributed by atoms with Crippen molar-refractivity contribution < 1.29 is 17.9 Å². The molecule has 5 rings (SSSR count). The molecule has 2 saturated heterocycles. The van der Waals surface area contributed by atoms with E-state index in [1.165, 1.54) is 19.2 Å². The molecule has 0 bridgehead atoms. The summed E-state index contributed by atoms with van der Waals surface area (Å²) in [6, 6.07) is 3.78. The molecule has 0 atom stereocenters. The molecule has 12 heteroatoms. The van der Waals surface area contributed by atoms with Crippen molar-refractivity contribution in [2.45, 2.75) is 38.3 Å². The number of alkyl halides is 3. The zero-order valence-corrected chi connectivity index (χ0v) is 23.8. The van der Waals surface area contributed by atoms with Crippen molar-refractivity contribution in [3.05, 3.63) is 34.2 Å². The fraction of sp³-hybridized carbons (Fsp3) is 0.593. The maximum absolute atomic E-state index is 14.3. The molecule has 2 fully saturated rings. The summed E-state index contributed by atoms with van der Waals surface area (Å²) in [5, 5.41) is 7.98. The molecule has 2 aliphatic heterocycles. The largest absolute Gasteiger partial charge is 0.490 e. The molecular weight excluding hydrogens is 575 g/mol. The molecule has 0 amide bonds. The molecule has 0 unspecified atom stereocenters. The van der Waals surface area contributed by atoms with Gasteiger partial charge in [0.2, 0.25) is 5.67 Å². The Kier molecular flexibility index (Phi) is 8.80. The van der Waals surface area contributed by atoms with Crippen LogP contribution in [0.4, 0.5) is 24.7 Å². The minimum Gasteiger partial charge on any atom is -0.490 e. The van der Waals surface area contributed by atoms with E-state index in [0.717, 1.165) is 91.3 Å². The number of nitrogens with one attached hydrogen (secondary N) is 1. The van der Waals surface area contributed by atoms with Gasteiger partial charge in [0.15, 0.2) is 5.65 Å². The standard InChI is InChI=1S/C27H35BrF3N7O/c1-19-20(5-4-8-36-6-2-3-7-36)13-21(39-17-27(31,15-29)16-30)14-22(19)37-9-11-38(12-10-37)26-23-24(28)34-35-25(23)32-18-33-26/h13-14,18H,2-12,15-17H2,1H3,(H,32,33,34,35). The third kappa shape index (κ3) is 6.26. The average Bonchev–Trinajstić information content (AvgIpc) is 3.63. The van der Waals surface area contributed by atoms with Gasteiger partial charge in [-0.1, -0.05) is 0 Å². The molecule has 2 aromatic heterocycles. The van der Waals surface area contributed by atoms with Gasteiger partial charge in [-0.25, -0.2) is 23.1 Å². The van der Waals surface area contributed by atoms with Crippen LogP contribution in [-0.4, -0.2) is 96.5 Å². The van der Waals surface area contributed by atoms with Gasteiger partial charge in [0.25, 0.3) is 0 Å². The number of aryl methyl sites for hydroxylation is 1. The number of fused-ring (bicyclic) bond motifs is 1. The lowest BCUT2D eigenvalue weighted by molar-refractivity contribution is 0.0351. The van der Waals surface area contributed by atoms with Crippen LogP contribution >= 0.6 is 15.9 Å². The smallest absolute Gasteiger partial charge is 0.200 e. The van der Waals surface area contributed by atoms with Crippen molar-refractivity contribution in [1.29, 1.82) is 0 Å². The SMILES string of the molecule is Cc1c(CCCN2CCCC2)cc(OCC(F)(CF)CF)cc1N1CCN(c2ncnc3n[nH]c(Br)c23)CC1. The first kappa shape index (κ1) is 27.9. The van der Waals surface area contributed by atoms with E-state index in [4.69, 9.17) is 4.74 Å². The van der Waals surface area contributed by atoms with E-state index < -0.39 is 25.6 Å². The molecule has 4 heterocycles. The highest BCUT2D eigenvalue weighted by molar-refractivity contribution is 9.10.